The molecule has 0 fully saturated rings. The van der Waals surface area contributed by atoms with Crippen molar-refractivity contribution in [3.05, 3.63) is 54.1 Å². The minimum Gasteiger partial charge on any atom is -0.486 e. The molecule has 1 aliphatic rings. The van der Waals surface area contributed by atoms with Crippen LogP contribution in [0.25, 0.3) is 0 Å². The molecule has 3 rings (SSSR count). The van der Waals surface area contributed by atoms with Crippen molar-refractivity contribution in [1.82, 2.24) is 10.2 Å². The Labute approximate surface area is 226 Å². The zero-order chi connectivity index (χ0) is 27.9. The number of hydrogen-bond donors (Lipinski definition) is 1. The number of rotatable bonds is 11. The van der Waals surface area contributed by atoms with Crippen molar-refractivity contribution in [3.8, 4) is 11.5 Å². The van der Waals surface area contributed by atoms with Gasteiger partial charge in [0, 0.05) is 31.1 Å². The smallest absolute Gasteiger partial charge is 0.243 e. The number of ether oxygens (including phenoxy) is 2. The van der Waals surface area contributed by atoms with Crippen molar-refractivity contribution in [1.29, 1.82) is 0 Å². The molecule has 0 saturated heterocycles. The van der Waals surface area contributed by atoms with Crippen LogP contribution in [-0.2, 0) is 26.2 Å². The molecular formula is C28H39N3O6S. The van der Waals surface area contributed by atoms with Crippen LogP contribution in [0.15, 0.2) is 48.5 Å². The average molecular weight is 546 g/mol. The maximum atomic E-state index is 13.5. The molecule has 208 valence electrons. The third-order valence-corrected chi connectivity index (χ3v) is 7.24. The first-order valence-electron chi connectivity index (χ1n) is 12.9. The summed E-state index contributed by atoms with van der Waals surface area (Å²) in [6.07, 6.45) is 1.95. The maximum Gasteiger partial charge on any atom is 0.243 e. The molecule has 1 unspecified atom stereocenters. The molecule has 0 radical (unpaired) electrons. The molecule has 0 saturated carbocycles. The van der Waals surface area contributed by atoms with Gasteiger partial charge in [0.05, 0.1) is 11.9 Å². The molecular weight excluding hydrogens is 506 g/mol. The first-order chi connectivity index (χ1) is 17.9. The van der Waals surface area contributed by atoms with Crippen LogP contribution < -0.4 is 19.1 Å². The zero-order valence-corrected chi connectivity index (χ0v) is 23.7. The number of sulfonamides is 1. The minimum absolute atomic E-state index is 0.0860. The van der Waals surface area contributed by atoms with E-state index in [1.807, 2.05) is 58.0 Å². The highest BCUT2D eigenvalue weighted by Crippen LogP contribution is 2.34. The lowest BCUT2D eigenvalue weighted by Crippen LogP contribution is -2.53. The second kappa shape index (κ2) is 12.5. The topological polar surface area (TPSA) is 105 Å². The molecule has 9 nitrogen and oxygen atoms in total. The van der Waals surface area contributed by atoms with Crippen LogP contribution in [-0.4, -0.2) is 62.7 Å². The summed E-state index contributed by atoms with van der Waals surface area (Å²) in [7, 11) is -3.62. The van der Waals surface area contributed by atoms with E-state index in [1.165, 1.54) is 4.31 Å². The lowest BCUT2D eigenvalue weighted by atomic mass is 10.0. The van der Waals surface area contributed by atoms with Crippen LogP contribution in [0.3, 0.4) is 0 Å². The standard InChI is InChI=1S/C28H39N3O6S/c1-6-23(27(33)29-28(2,3)4)30(20-21-11-8-7-9-12-21)26(32)13-10-16-31(38(5,34)35)22-14-15-24-25(19-22)37-18-17-36-24/h7-9,11-12,14-15,19,23H,6,10,13,16-18,20H2,1-5H3,(H,29,33). The summed E-state index contributed by atoms with van der Waals surface area (Å²) in [4.78, 5) is 28.2. The summed E-state index contributed by atoms with van der Waals surface area (Å²) in [6, 6.07) is 13.9. The van der Waals surface area contributed by atoms with Crippen LogP contribution in [0.5, 0.6) is 11.5 Å². The summed E-state index contributed by atoms with van der Waals surface area (Å²) in [5.41, 5.74) is 0.921. The second-order valence-electron chi connectivity index (χ2n) is 10.4. The van der Waals surface area contributed by atoms with Crippen molar-refractivity contribution >= 4 is 27.5 Å². The molecule has 0 spiro atoms. The van der Waals surface area contributed by atoms with E-state index in [0.717, 1.165) is 11.8 Å². The number of carbonyl (C=O) groups excluding carboxylic acids is 2. The van der Waals surface area contributed by atoms with Gasteiger partial charge in [0.1, 0.15) is 19.3 Å². The van der Waals surface area contributed by atoms with Gasteiger partial charge in [-0.1, -0.05) is 37.3 Å². The molecule has 0 aromatic heterocycles. The number of fused-ring (bicyclic) bond motifs is 1. The third-order valence-electron chi connectivity index (χ3n) is 6.05. The van der Waals surface area contributed by atoms with Gasteiger partial charge in [-0.25, -0.2) is 8.42 Å². The van der Waals surface area contributed by atoms with Gasteiger partial charge < -0.3 is 19.7 Å². The molecule has 1 atom stereocenters. The van der Waals surface area contributed by atoms with Crippen molar-refractivity contribution in [2.75, 3.05) is 30.3 Å². The van der Waals surface area contributed by atoms with Gasteiger partial charge in [-0.2, -0.15) is 0 Å². The molecule has 0 bridgehead atoms. The monoisotopic (exact) mass is 545 g/mol. The number of nitrogens with one attached hydrogen (secondary N) is 1. The highest BCUT2D eigenvalue weighted by atomic mass is 32.2. The predicted molar refractivity (Wildman–Crippen MR) is 148 cm³/mol. The quantitative estimate of drug-likeness (QED) is 0.461. The predicted octanol–water partition coefficient (Wildman–Crippen LogP) is 3.73. The van der Waals surface area contributed by atoms with Crippen molar-refractivity contribution in [2.24, 2.45) is 0 Å². The highest BCUT2D eigenvalue weighted by Gasteiger charge is 2.31. The second-order valence-corrected chi connectivity index (χ2v) is 12.3. The number of carbonyl (C=O) groups is 2. The summed E-state index contributed by atoms with van der Waals surface area (Å²) < 4.78 is 37.7. The molecule has 2 amide bonds. The Morgan fingerprint density at radius 3 is 2.29 bits per heavy atom. The van der Waals surface area contributed by atoms with E-state index in [0.29, 0.717) is 36.8 Å². The Hall–Kier alpha value is -3.27. The average Bonchev–Trinajstić information content (AvgIpc) is 2.85. The number of benzene rings is 2. The van der Waals surface area contributed by atoms with E-state index < -0.39 is 21.6 Å². The van der Waals surface area contributed by atoms with Gasteiger partial charge in [-0.15, -0.1) is 0 Å². The van der Waals surface area contributed by atoms with Gasteiger partial charge in [0.15, 0.2) is 11.5 Å². The van der Waals surface area contributed by atoms with E-state index >= 15 is 0 Å². The van der Waals surface area contributed by atoms with Crippen molar-refractivity contribution < 1.29 is 27.5 Å². The van der Waals surface area contributed by atoms with Crippen LogP contribution in [0, 0.1) is 0 Å². The van der Waals surface area contributed by atoms with Gasteiger partial charge in [0.2, 0.25) is 21.8 Å². The van der Waals surface area contributed by atoms with Gasteiger partial charge in [-0.3, -0.25) is 13.9 Å². The number of hydrogen-bond acceptors (Lipinski definition) is 6. The molecule has 1 N–H and O–H groups in total. The highest BCUT2D eigenvalue weighted by molar-refractivity contribution is 7.92. The van der Waals surface area contributed by atoms with Crippen molar-refractivity contribution in [2.45, 2.75) is 65.1 Å². The first-order valence-corrected chi connectivity index (χ1v) is 14.8. The molecule has 2 aromatic carbocycles. The normalized spacial score (nSPS) is 13.9. The Morgan fingerprint density at radius 1 is 1.03 bits per heavy atom. The molecule has 38 heavy (non-hydrogen) atoms. The third kappa shape index (κ3) is 8.11. The zero-order valence-electron chi connectivity index (χ0n) is 22.9. The Bertz CT molecular complexity index is 1210. The lowest BCUT2D eigenvalue weighted by molar-refractivity contribution is -0.142. The van der Waals surface area contributed by atoms with Gasteiger partial charge >= 0.3 is 0 Å². The molecule has 10 heteroatoms. The van der Waals surface area contributed by atoms with E-state index in [1.54, 1.807) is 23.1 Å². The van der Waals surface area contributed by atoms with E-state index in [4.69, 9.17) is 9.47 Å². The largest absolute Gasteiger partial charge is 0.486 e. The van der Waals surface area contributed by atoms with Crippen LogP contribution >= 0.6 is 0 Å². The molecule has 2 aromatic rings. The van der Waals surface area contributed by atoms with Crippen LogP contribution in [0.4, 0.5) is 5.69 Å². The lowest BCUT2D eigenvalue weighted by Gasteiger charge is -2.33. The van der Waals surface area contributed by atoms with E-state index in [-0.39, 0.29) is 37.7 Å². The summed E-state index contributed by atoms with van der Waals surface area (Å²) in [5.74, 6) is 0.640. The minimum atomic E-state index is -3.62. The van der Waals surface area contributed by atoms with Crippen LogP contribution in [0.2, 0.25) is 0 Å². The Morgan fingerprint density at radius 2 is 1.68 bits per heavy atom. The molecule has 1 aliphatic heterocycles. The number of amides is 2. The van der Waals surface area contributed by atoms with Crippen LogP contribution in [0.1, 0.15) is 52.5 Å². The number of nitrogens with zero attached hydrogens (tertiary/aromatic N) is 2. The summed E-state index contributed by atoms with van der Waals surface area (Å²) >= 11 is 0. The number of anilines is 1. The van der Waals surface area contributed by atoms with E-state index in [9.17, 15) is 18.0 Å². The SMILES string of the molecule is CCC(C(=O)NC(C)(C)C)N(Cc1ccccc1)C(=O)CCCN(c1ccc2c(c1)OCCO2)S(C)(=O)=O. The molecule has 1 heterocycles. The fraction of sp³-hybridized carbons (Fsp3) is 0.500. The fourth-order valence-electron chi connectivity index (χ4n) is 4.34. The Balaban J connectivity index is 1.76. The Kier molecular flexibility index (Phi) is 9.65. The first kappa shape index (κ1) is 29.3. The van der Waals surface area contributed by atoms with Gasteiger partial charge in [0.25, 0.3) is 0 Å². The van der Waals surface area contributed by atoms with Crippen molar-refractivity contribution in [3.63, 3.8) is 0 Å². The fourth-order valence-corrected chi connectivity index (χ4v) is 5.30. The maximum absolute atomic E-state index is 13.5. The summed E-state index contributed by atoms with van der Waals surface area (Å²) in [6.45, 7) is 8.81. The summed E-state index contributed by atoms with van der Waals surface area (Å²) in [5, 5.41) is 2.99. The van der Waals surface area contributed by atoms with E-state index in [2.05, 4.69) is 5.32 Å². The molecule has 0 aliphatic carbocycles. The van der Waals surface area contributed by atoms with Gasteiger partial charge in [-0.05, 0) is 51.3 Å².